The molecule has 0 aromatic carbocycles. The van der Waals surface area contributed by atoms with Crippen LogP contribution >= 0.6 is 0 Å². The molecule has 0 amide bonds. The first-order valence-electron chi connectivity index (χ1n) is 8.61. The predicted octanol–water partition coefficient (Wildman–Crippen LogP) is 5.02. The number of carbonyl (C=O) groups is 1. The third kappa shape index (κ3) is 12.6. The third-order valence-corrected chi connectivity index (χ3v) is 3.73. The fourth-order valence-corrected chi connectivity index (χ4v) is 2.33. The Morgan fingerprint density at radius 2 is 1.33 bits per heavy atom. The molecule has 0 fully saturated rings. The average Bonchev–Trinajstić information content (AvgIpc) is 2.40. The minimum atomic E-state index is -0.299. The zero-order valence-electron chi connectivity index (χ0n) is 14.7. The molecule has 0 aromatic rings. The molecule has 3 heteroatoms. The Morgan fingerprint density at radius 1 is 0.905 bits per heavy atom. The highest BCUT2D eigenvalue weighted by atomic mass is 16.7. The van der Waals surface area contributed by atoms with E-state index in [0.717, 1.165) is 13.0 Å². The lowest BCUT2D eigenvalue weighted by atomic mass is 10.1. The van der Waals surface area contributed by atoms with Crippen molar-refractivity contribution in [3.8, 4) is 0 Å². The summed E-state index contributed by atoms with van der Waals surface area (Å²) in [7, 11) is 3.85. The standard InChI is InChI=1S/C18H36NO2/c1-6-7-8-9-10-11-12-13-14-15-16-19(4,5)21-18(20)17(2)3/h2,6-16H2,1,3-5H3/q+1. The van der Waals surface area contributed by atoms with Gasteiger partial charge in [-0.25, -0.2) is 4.79 Å². The van der Waals surface area contributed by atoms with Crippen LogP contribution in [0.25, 0.3) is 0 Å². The Hall–Kier alpha value is -0.830. The maximum Gasteiger partial charge on any atom is 0.392 e. The minimum Gasteiger partial charge on any atom is -0.272 e. The van der Waals surface area contributed by atoms with Gasteiger partial charge in [0.25, 0.3) is 0 Å². The van der Waals surface area contributed by atoms with Crippen molar-refractivity contribution in [3.63, 3.8) is 0 Å². The van der Waals surface area contributed by atoms with E-state index in [2.05, 4.69) is 13.5 Å². The highest BCUT2D eigenvalue weighted by Crippen LogP contribution is 2.12. The van der Waals surface area contributed by atoms with Crippen molar-refractivity contribution in [2.75, 3.05) is 20.6 Å². The molecule has 21 heavy (non-hydrogen) atoms. The molecular weight excluding hydrogens is 262 g/mol. The molecule has 0 rings (SSSR count). The van der Waals surface area contributed by atoms with Gasteiger partial charge >= 0.3 is 5.97 Å². The van der Waals surface area contributed by atoms with E-state index in [0.29, 0.717) is 10.2 Å². The normalized spacial score (nSPS) is 11.4. The summed E-state index contributed by atoms with van der Waals surface area (Å²) in [6.07, 6.45) is 13.2. The topological polar surface area (TPSA) is 26.3 Å². The van der Waals surface area contributed by atoms with Gasteiger partial charge in [0.15, 0.2) is 0 Å². The molecule has 0 saturated heterocycles. The van der Waals surface area contributed by atoms with Gasteiger partial charge in [-0.15, -0.1) is 4.65 Å². The van der Waals surface area contributed by atoms with Gasteiger partial charge in [-0.3, -0.25) is 4.84 Å². The maximum absolute atomic E-state index is 11.5. The molecule has 0 aliphatic heterocycles. The SMILES string of the molecule is C=C(C)C(=O)O[N+](C)(C)CCCCCCCCCCCC. The fraction of sp³-hybridized carbons (Fsp3) is 0.833. The third-order valence-electron chi connectivity index (χ3n) is 3.73. The molecule has 0 spiro atoms. The van der Waals surface area contributed by atoms with Crippen molar-refractivity contribution in [2.45, 2.75) is 78.1 Å². The van der Waals surface area contributed by atoms with E-state index in [1.165, 1.54) is 57.8 Å². The summed E-state index contributed by atoms with van der Waals surface area (Å²) in [5.74, 6) is -0.299. The number of nitrogens with zero attached hydrogens (tertiary/aromatic N) is 1. The average molecular weight is 298 g/mol. The summed E-state index contributed by atoms with van der Waals surface area (Å²) in [4.78, 5) is 16.9. The van der Waals surface area contributed by atoms with Gasteiger partial charge < -0.3 is 0 Å². The molecule has 0 radical (unpaired) electrons. The Labute approximate surface area is 131 Å². The molecule has 0 N–H and O–H groups in total. The lowest BCUT2D eigenvalue weighted by Gasteiger charge is -2.26. The number of hydrogen-bond donors (Lipinski definition) is 0. The number of rotatable bonds is 13. The van der Waals surface area contributed by atoms with Gasteiger partial charge in [-0.05, 0) is 13.3 Å². The van der Waals surface area contributed by atoms with Crippen molar-refractivity contribution in [1.29, 1.82) is 0 Å². The van der Waals surface area contributed by atoms with Crippen LogP contribution in [0.15, 0.2) is 12.2 Å². The molecule has 0 aliphatic carbocycles. The Balaban J connectivity index is 3.49. The second-order valence-corrected chi connectivity index (χ2v) is 6.64. The lowest BCUT2D eigenvalue weighted by molar-refractivity contribution is -1.06. The number of unbranched alkanes of at least 4 members (excludes halogenated alkanes) is 9. The molecule has 3 nitrogen and oxygen atoms in total. The molecule has 0 heterocycles. The first-order valence-corrected chi connectivity index (χ1v) is 8.61. The van der Waals surface area contributed by atoms with E-state index in [1.54, 1.807) is 6.92 Å². The highest BCUT2D eigenvalue weighted by molar-refractivity contribution is 5.86. The van der Waals surface area contributed by atoms with Crippen LogP contribution in [0.1, 0.15) is 78.1 Å². The van der Waals surface area contributed by atoms with E-state index in [4.69, 9.17) is 4.84 Å². The highest BCUT2D eigenvalue weighted by Gasteiger charge is 2.21. The summed E-state index contributed by atoms with van der Waals surface area (Å²) in [6, 6.07) is 0. The molecule has 0 atom stereocenters. The van der Waals surface area contributed by atoms with Crippen LogP contribution in [-0.2, 0) is 9.63 Å². The van der Waals surface area contributed by atoms with Crippen LogP contribution in [0, 0.1) is 0 Å². The van der Waals surface area contributed by atoms with Crippen LogP contribution < -0.4 is 0 Å². The molecule has 0 saturated carbocycles. The number of hydroxylamine groups is 3. The largest absolute Gasteiger partial charge is 0.392 e. The second kappa shape index (κ2) is 11.8. The zero-order chi connectivity index (χ0) is 16.1. The van der Waals surface area contributed by atoms with Crippen LogP contribution in [-0.4, -0.2) is 31.3 Å². The smallest absolute Gasteiger partial charge is 0.272 e. The van der Waals surface area contributed by atoms with E-state index in [-0.39, 0.29) is 5.97 Å². The lowest BCUT2D eigenvalue weighted by Crippen LogP contribution is -2.42. The Morgan fingerprint density at radius 3 is 1.76 bits per heavy atom. The molecule has 0 aliphatic rings. The van der Waals surface area contributed by atoms with Crippen LogP contribution in [0.5, 0.6) is 0 Å². The van der Waals surface area contributed by atoms with Crippen LogP contribution in [0.2, 0.25) is 0 Å². The summed E-state index contributed by atoms with van der Waals surface area (Å²) < 4.78 is 0.294. The molecule has 0 aromatic heterocycles. The van der Waals surface area contributed by atoms with Crippen molar-refractivity contribution < 1.29 is 14.3 Å². The number of hydrogen-bond acceptors (Lipinski definition) is 2. The fourth-order valence-electron chi connectivity index (χ4n) is 2.33. The van der Waals surface area contributed by atoms with Gasteiger partial charge in [-0.1, -0.05) is 64.9 Å². The summed E-state index contributed by atoms with van der Waals surface area (Å²) in [5.41, 5.74) is 0.462. The van der Waals surface area contributed by atoms with Gasteiger partial charge in [0.1, 0.15) is 20.6 Å². The van der Waals surface area contributed by atoms with Crippen LogP contribution in [0.3, 0.4) is 0 Å². The quantitative estimate of drug-likeness (QED) is 0.206. The summed E-state index contributed by atoms with van der Waals surface area (Å²) in [6.45, 7) is 8.42. The Bertz CT molecular complexity index is 298. The number of carbonyl (C=O) groups excluding carboxylic acids is 1. The molecule has 0 bridgehead atoms. The van der Waals surface area contributed by atoms with Gasteiger partial charge in [-0.2, -0.15) is 0 Å². The van der Waals surface area contributed by atoms with Gasteiger partial charge in [0, 0.05) is 12.0 Å². The predicted molar refractivity (Wildman–Crippen MR) is 89.7 cm³/mol. The van der Waals surface area contributed by atoms with E-state index in [1.807, 2.05) is 14.1 Å². The Kier molecular flexibility index (Phi) is 11.3. The summed E-state index contributed by atoms with van der Waals surface area (Å²) in [5, 5.41) is 0. The van der Waals surface area contributed by atoms with Crippen molar-refractivity contribution in [2.24, 2.45) is 0 Å². The molecular formula is C18H36NO2+. The first kappa shape index (κ1) is 20.2. The molecule has 0 unspecified atom stereocenters. The van der Waals surface area contributed by atoms with Gasteiger partial charge in [0.05, 0.1) is 0 Å². The number of quaternary nitrogens is 1. The monoisotopic (exact) mass is 298 g/mol. The zero-order valence-corrected chi connectivity index (χ0v) is 14.7. The summed E-state index contributed by atoms with van der Waals surface area (Å²) >= 11 is 0. The van der Waals surface area contributed by atoms with Gasteiger partial charge in [0.2, 0.25) is 0 Å². The minimum absolute atomic E-state index is 0.294. The second-order valence-electron chi connectivity index (χ2n) is 6.64. The molecule has 124 valence electrons. The van der Waals surface area contributed by atoms with Crippen molar-refractivity contribution in [1.82, 2.24) is 0 Å². The van der Waals surface area contributed by atoms with Crippen molar-refractivity contribution in [3.05, 3.63) is 12.2 Å². The first-order chi connectivity index (χ1) is 9.89. The van der Waals surface area contributed by atoms with Crippen molar-refractivity contribution >= 4 is 5.97 Å². The van der Waals surface area contributed by atoms with E-state index >= 15 is 0 Å². The van der Waals surface area contributed by atoms with E-state index < -0.39 is 0 Å². The van der Waals surface area contributed by atoms with E-state index in [9.17, 15) is 4.79 Å². The maximum atomic E-state index is 11.5. The van der Waals surface area contributed by atoms with Crippen LogP contribution in [0.4, 0.5) is 0 Å².